The largest absolute Gasteiger partial charge is 0.461 e. The highest BCUT2D eigenvalue weighted by molar-refractivity contribution is 7.90. The number of esters is 1. The fraction of sp³-hybridized carbons (Fsp3) is 0.182. The molecule has 2 aromatic carbocycles. The van der Waals surface area contributed by atoms with Gasteiger partial charge in [0.1, 0.15) is 0 Å². The Hall–Kier alpha value is -3.79. The molecule has 0 spiro atoms. The van der Waals surface area contributed by atoms with Gasteiger partial charge in [0.15, 0.2) is 15.5 Å². The van der Waals surface area contributed by atoms with Gasteiger partial charge in [-0.25, -0.2) is 23.3 Å². The number of nitrogens with one attached hydrogen (secondary N) is 1. The van der Waals surface area contributed by atoms with E-state index in [2.05, 4.69) is 5.10 Å². The van der Waals surface area contributed by atoms with E-state index in [1.165, 1.54) is 17.7 Å². The van der Waals surface area contributed by atoms with E-state index in [9.17, 15) is 13.2 Å². The number of rotatable bonds is 4. The Balaban J connectivity index is 1.96. The average molecular weight is 454 g/mol. The highest BCUT2D eigenvalue weighted by atomic mass is 32.2. The first kappa shape index (κ1) is 21.4. The van der Waals surface area contributed by atoms with Crippen LogP contribution in [0.5, 0.6) is 0 Å². The molecule has 32 heavy (non-hydrogen) atoms. The second-order valence-electron chi connectivity index (χ2n) is 7.16. The lowest BCUT2D eigenvalue weighted by Crippen LogP contribution is -2.40. The molecule has 0 fully saturated rings. The lowest BCUT2D eigenvalue weighted by molar-refractivity contribution is -0.133. The van der Waals surface area contributed by atoms with Gasteiger partial charge in [0, 0.05) is 16.7 Å². The number of sulfone groups is 1. The molecule has 0 saturated carbocycles. The maximum absolute atomic E-state index is 12.9. The lowest BCUT2D eigenvalue weighted by atomic mass is 10.1. The molecule has 1 aromatic heterocycles. The van der Waals surface area contributed by atoms with Crippen molar-refractivity contribution >= 4 is 27.6 Å². The summed E-state index contributed by atoms with van der Waals surface area (Å²) in [5.74, 6) is -1.09. The minimum Gasteiger partial charge on any atom is -0.461 e. The second kappa shape index (κ2) is 8.04. The van der Waals surface area contributed by atoms with Crippen LogP contribution < -0.4 is 5.41 Å². The maximum Gasteiger partial charge on any atom is 0.359 e. The minimum absolute atomic E-state index is 0.0530. The van der Waals surface area contributed by atoms with Crippen molar-refractivity contribution in [2.45, 2.75) is 24.5 Å². The van der Waals surface area contributed by atoms with Crippen LogP contribution in [0, 0.1) is 5.41 Å². The lowest BCUT2D eigenvalue weighted by Gasteiger charge is -2.19. The Kier molecular flexibility index (Phi) is 5.39. The summed E-state index contributed by atoms with van der Waals surface area (Å²) in [6, 6.07) is 13.4. The van der Waals surface area contributed by atoms with Crippen molar-refractivity contribution in [3.05, 3.63) is 65.4 Å². The van der Waals surface area contributed by atoms with E-state index in [-0.39, 0.29) is 40.3 Å². The standard InChI is InChI=1S/C22H20N4O5S/c1-3-30-22(27)19-17-12-32(28,29)18-10-5-4-9-16(18)20(17)26(25-19)15-8-6-7-14(11-15)21(24)31-13(2)23/h4-11,23-24H,3,12H2,1-2H3/p+1. The molecule has 1 aliphatic heterocycles. The normalized spacial score (nSPS) is 13.6. The molecule has 9 nitrogen and oxygen atoms in total. The smallest absolute Gasteiger partial charge is 0.359 e. The number of hydrogen-bond acceptors (Lipinski definition) is 7. The van der Waals surface area contributed by atoms with Crippen LogP contribution in [-0.4, -0.2) is 42.6 Å². The van der Waals surface area contributed by atoms with Gasteiger partial charge < -0.3 is 9.47 Å². The van der Waals surface area contributed by atoms with Crippen LogP contribution in [0.15, 0.2) is 53.4 Å². The predicted molar refractivity (Wildman–Crippen MR) is 116 cm³/mol. The first-order valence-corrected chi connectivity index (χ1v) is 11.5. The number of carbonyl (C=O) groups excluding carboxylic acids is 1. The summed E-state index contributed by atoms with van der Waals surface area (Å²) >= 11 is 0. The molecule has 0 aliphatic carbocycles. The van der Waals surface area contributed by atoms with Gasteiger partial charge >= 0.3 is 11.9 Å². The van der Waals surface area contributed by atoms with Crippen molar-refractivity contribution in [1.82, 2.24) is 9.78 Å². The SMILES string of the molecule is CCOC(=O)c1nn(-c2cccc(C(=N)OC(C)=[NH2+])c2)c2c1CS(=O)(=O)c1ccccc1-2. The number of carbonyl (C=O) groups is 1. The van der Waals surface area contributed by atoms with Crippen molar-refractivity contribution in [2.75, 3.05) is 6.61 Å². The Morgan fingerprint density at radius 1 is 1.22 bits per heavy atom. The summed E-state index contributed by atoms with van der Waals surface area (Å²) in [4.78, 5) is 12.8. The van der Waals surface area contributed by atoms with Crippen LogP contribution in [0.3, 0.4) is 0 Å². The maximum atomic E-state index is 12.9. The molecule has 0 radical (unpaired) electrons. The quantitative estimate of drug-likeness (QED) is 0.349. The van der Waals surface area contributed by atoms with Crippen molar-refractivity contribution in [1.29, 1.82) is 5.41 Å². The number of fused-ring (bicyclic) bond motifs is 3. The molecule has 4 rings (SSSR count). The van der Waals surface area contributed by atoms with Crippen molar-refractivity contribution in [3.8, 4) is 16.9 Å². The van der Waals surface area contributed by atoms with Gasteiger partial charge in [-0.05, 0) is 31.2 Å². The highest BCUT2D eigenvalue weighted by Crippen LogP contribution is 2.40. The van der Waals surface area contributed by atoms with E-state index in [4.69, 9.17) is 20.3 Å². The molecule has 0 atom stereocenters. The Bertz CT molecular complexity index is 1370. The minimum atomic E-state index is -3.66. The van der Waals surface area contributed by atoms with Gasteiger partial charge in [0.2, 0.25) is 5.90 Å². The third kappa shape index (κ3) is 3.69. The number of hydrogen-bond donors (Lipinski definition) is 2. The van der Waals surface area contributed by atoms with Gasteiger partial charge in [-0.3, -0.25) is 5.41 Å². The van der Waals surface area contributed by atoms with Crippen LogP contribution >= 0.6 is 0 Å². The van der Waals surface area contributed by atoms with E-state index in [0.29, 0.717) is 22.5 Å². The summed E-state index contributed by atoms with van der Waals surface area (Å²) < 4.78 is 37.6. The molecule has 0 amide bonds. The molecule has 3 aromatic rings. The van der Waals surface area contributed by atoms with Crippen molar-refractivity contribution in [3.63, 3.8) is 0 Å². The molecule has 0 bridgehead atoms. The van der Waals surface area contributed by atoms with Crippen LogP contribution in [-0.2, 0) is 25.1 Å². The fourth-order valence-corrected chi connectivity index (χ4v) is 5.21. The fourth-order valence-electron chi connectivity index (χ4n) is 3.61. The molecule has 164 valence electrons. The van der Waals surface area contributed by atoms with Crippen LogP contribution in [0.1, 0.15) is 35.5 Å². The van der Waals surface area contributed by atoms with E-state index in [0.717, 1.165) is 0 Å². The summed E-state index contributed by atoms with van der Waals surface area (Å²) in [5, 5.41) is 18.1. The van der Waals surface area contributed by atoms with E-state index >= 15 is 0 Å². The van der Waals surface area contributed by atoms with E-state index in [1.807, 2.05) is 0 Å². The first-order chi connectivity index (χ1) is 15.2. The Morgan fingerprint density at radius 2 is 1.97 bits per heavy atom. The zero-order chi connectivity index (χ0) is 23.0. The third-order valence-electron chi connectivity index (χ3n) is 4.88. The van der Waals surface area contributed by atoms with E-state index < -0.39 is 15.8 Å². The molecular formula is C22H21N4O5S+. The zero-order valence-electron chi connectivity index (χ0n) is 17.5. The van der Waals surface area contributed by atoms with Gasteiger partial charge in [-0.2, -0.15) is 5.10 Å². The van der Waals surface area contributed by atoms with Crippen LogP contribution in [0.2, 0.25) is 0 Å². The predicted octanol–water partition coefficient (Wildman–Crippen LogP) is 1.52. The van der Waals surface area contributed by atoms with Gasteiger partial charge in [0.25, 0.3) is 0 Å². The molecule has 0 saturated heterocycles. The molecule has 2 heterocycles. The van der Waals surface area contributed by atoms with Crippen LogP contribution in [0.25, 0.3) is 16.9 Å². The summed E-state index contributed by atoms with van der Waals surface area (Å²) in [5.41, 5.74) is 2.12. The number of nitrogens with zero attached hydrogens (tertiary/aromatic N) is 2. The molecule has 10 heteroatoms. The Labute approximate surface area is 184 Å². The molecular weight excluding hydrogens is 432 g/mol. The number of ether oxygens (including phenoxy) is 2. The first-order valence-electron chi connectivity index (χ1n) is 9.80. The average Bonchev–Trinajstić information content (AvgIpc) is 3.12. The number of benzene rings is 2. The zero-order valence-corrected chi connectivity index (χ0v) is 18.3. The second-order valence-corrected chi connectivity index (χ2v) is 9.11. The van der Waals surface area contributed by atoms with Gasteiger partial charge in [0.05, 0.1) is 35.6 Å². The summed E-state index contributed by atoms with van der Waals surface area (Å²) in [6.07, 6.45) is 0. The highest BCUT2D eigenvalue weighted by Gasteiger charge is 2.36. The van der Waals surface area contributed by atoms with Crippen molar-refractivity contribution < 1.29 is 28.1 Å². The number of nitrogens with two attached hydrogens (primary N) is 1. The van der Waals surface area contributed by atoms with Crippen molar-refractivity contribution in [2.24, 2.45) is 0 Å². The molecule has 1 aliphatic rings. The molecule has 0 unspecified atom stereocenters. The third-order valence-corrected chi connectivity index (χ3v) is 6.57. The number of aromatic nitrogens is 2. The van der Waals surface area contributed by atoms with Crippen LogP contribution in [0.4, 0.5) is 0 Å². The Morgan fingerprint density at radius 3 is 2.69 bits per heavy atom. The summed E-state index contributed by atoms with van der Waals surface area (Å²) in [7, 11) is -3.66. The van der Waals surface area contributed by atoms with Gasteiger partial charge in [-0.1, -0.05) is 24.3 Å². The topological polar surface area (TPSA) is 137 Å². The molecule has 3 N–H and O–H groups in total. The summed E-state index contributed by atoms with van der Waals surface area (Å²) in [6.45, 7) is 3.33. The van der Waals surface area contributed by atoms with E-state index in [1.54, 1.807) is 49.4 Å². The monoisotopic (exact) mass is 453 g/mol. The van der Waals surface area contributed by atoms with Gasteiger partial charge in [-0.15, -0.1) is 0 Å².